The van der Waals surface area contributed by atoms with Crippen LogP contribution in [0.3, 0.4) is 0 Å². The highest BCUT2D eigenvalue weighted by molar-refractivity contribution is 5.55. The van der Waals surface area contributed by atoms with Gasteiger partial charge in [-0.1, -0.05) is 24.3 Å². The Hall–Kier alpha value is -2.64. The number of benzene rings is 1. The van der Waals surface area contributed by atoms with Crippen LogP contribution in [0.5, 0.6) is 0 Å². The molecule has 1 atom stereocenters. The normalized spacial score (nSPS) is 17.8. The minimum atomic E-state index is -0.126. The molecule has 1 fully saturated rings. The van der Waals surface area contributed by atoms with Crippen LogP contribution in [-0.2, 0) is 13.0 Å². The maximum atomic E-state index is 12.8. The van der Waals surface area contributed by atoms with Crippen LogP contribution in [-0.4, -0.2) is 33.5 Å². The lowest BCUT2D eigenvalue weighted by Crippen LogP contribution is -2.43. The summed E-state index contributed by atoms with van der Waals surface area (Å²) in [7, 11) is 0. The molecule has 7 nitrogen and oxygen atoms in total. The van der Waals surface area contributed by atoms with Gasteiger partial charge in [0.1, 0.15) is 11.3 Å². The van der Waals surface area contributed by atoms with E-state index in [0.717, 1.165) is 48.6 Å². The smallest absolute Gasteiger partial charge is 0.275 e. The Bertz CT molecular complexity index is 976. The van der Waals surface area contributed by atoms with E-state index in [-0.39, 0.29) is 11.6 Å². The zero-order chi connectivity index (χ0) is 18.1. The predicted molar refractivity (Wildman–Crippen MR) is 102 cm³/mol. The van der Waals surface area contributed by atoms with Crippen molar-refractivity contribution in [2.75, 3.05) is 18.0 Å². The van der Waals surface area contributed by atoms with Crippen LogP contribution in [0.4, 0.5) is 5.82 Å². The number of H-pyrrole nitrogens is 1. The highest BCUT2D eigenvalue weighted by Gasteiger charge is 2.19. The van der Waals surface area contributed by atoms with Crippen molar-refractivity contribution in [3.8, 4) is 0 Å². The van der Waals surface area contributed by atoms with E-state index in [2.05, 4.69) is 14.9 Å². The highest BCUT2D eigenvalue weighted by Crippen LogP contribution is 2.19. The first-order valence-corrected chi connectivity index (χ1v) is 9.02. The lowest BCUT2D eigenvalue weighted by Gasteiger charge is -2.31. The Morgan fingerprint density at radius 2 is 2.08 bits per heavy atom. The minimum Gasteiger partial charge on any atom is -0.355 e. The molecule has 0 spiro atoms. The zero-order valence-electron chi connectivity index (χ0n) is 14.7. The van der Waals surface area contributed by atoms with Crippen molar-refractivity contribution in [1.29, 1.82) is 0 Å². The second-order valence-electron chi connectivity index (χ2n) is 6.91. The SMILES string of the molecule is NCc1ccccc1Cc1ncn2cc(N3CCCC(N)C3)[nH]c(=O)c12. The first kappa shape index (κ1) is 16.8. The molecule has 0 aliphatic carbocycles. The summed E-state index contributed by atoms with van der Waals surface area (Å²) in [5, 5.41) is 0. The number of hydrogen-bond donors (Lipinski definition) is 3. The summed E-state index contributed by atoms with van der Waals surface area (Å²) in [6.07, 6.45) is 6.28. The fraction of sp³-hybridized carbons (Fsp3) is 0.368. The monoisotopic (exact) mass is 352 g/mol. The van der Waals surface area contributed by atoms with Crippen LogP contribution in [0.1, 0.15) is 29.7 Å². The van der Waals surface area contributed by atoms with Gasteiger partial charge in [-0.15, -0.1) is 0 Å². The molecule has 0 bridgehead atoms. The molecule has 4 rings (SSSR count). The number of nitrogens with one attached hydrogen (secondary N) is 1. The molecule has 0 amide bonds. The standard InChI is InChI=1S/C19H24N6O/c20-9-14-5-2-1-4-13(14)8-16-18-19(26)23-17(11-25(18)12-22-16)24-7-3-6-15(21)10-24/h1-2,4-5,11-12,15H,3,6-10,20-21H2,(H,23,26). The van der Waals surface area contributed by atoms with E-state index in [4.69, 9.17) is 11.5 Å². The number of nitrogens with two attached hydrogens (primary N) is 2. The molecule has 26 heavy (non-hydrogen) atoms. The number of aromatic nitrogens is 3. The number of anilines is 1. The van der Waals surface area contributed by atoms with Gasteiger partial charge in [0.2, 0.25) is 0 Å². The summed E-state index contributed by atoms with van der Waals surface area (Å²) >= 11 is 0. The molecule has 3 aromatic rings. The Morgan fingerprint density at radius 3 is 2.85 bits per heavy atom. The number of imidazole rings is 1. The topological polar surface area (TPSA) is 105 Å². The Morgan fingerprint density at radius 1 is 1.27 bits per heavy atom. The maximum absolute atomic E-state index is 12.8. The van der Waals surface area contributed by atoms with E-state index in [1.165, 1.54) is 0 Å². The third-order valence-electron chi connectivity index (χ3n) is 5.08. The van der Waals surface area contributed by atoms with Gasteiger partial charge in [-0.05, 0) is 24.0 Å². The third kappa shape index (κ3) is 3.11. The number of fused-ring (bicyclic) bond motifs is 1. The van der Waals surface area contributed by atoms with E-state index >= 15 is 0 Å². The van der Waals surface area contributed by atoms with Gasteiger partial charge in [-0.25, -0.2) is 4.98 Å². The number of rotatable bonds is 4. The van der Waals surface area contributed by atoms with E-state index in [1.807, 2.05) is 34.9 Å². The molecular weight excluding hydrogens is 328 g/mol. The average Bonchev–Trinajstić information content (AvgIpc) is 3.05. The summed E-state index contributed by atoms with van der Waals surface area (Å²) in [4.78, 5) is 22.4. The fourth-order valence-electron chi connectivity index (χ4n) is 3.71. The number of piperidine rings is 1. The summed E-state index contributed by atoms with van der Waals surface area (Å²) in [5.41, 5.74) is 15.3. The second-order valence-corrected chi connectivity index (χ2v) is 6.91. The summed E-state index contributed by atoms with van der Waals surface area (Å²) in [6.45, 7) is 2.13. The number of aromatic amines is 1. The molecule has 0 saturated carbocycles. The van der Waals surface area contributed by atoms with E-state index in [0.29, 0.717) is 18.5 Å². The van der Waals surface area contributed by atoms with Crippen LogP contribution in [0.15, 0.2) is 41.6 Å². The third-order valence-corrected chi connectivity index (χ3v) is 5.08. The second kappa shape index (κ2) is 6.93. The van der Waals surface area contributed by atoms with Gasteiger partial charge >= 0.3 is 0 Å². The van der Waals surface area contributed by atoms with Crippen LogP contribution >= 0.6 is 0 Å². The van der Waals surface area contributed by atoms with Gasteiger partial charge < -0.3 is 21.4 Å². The zero-order valence-corrected chi connectivity index (χ0v) is 14.7. The lowest BCUT2D eigenvalue weighted by molar-refractivity contribution is 0.502. The summed E-state index contributed by atoms with van der Waals surface area (Å²) in [6, 6.07) is 8.14. The van der Waals surface area contributed by atoms with E-state index in [1.54, 1.807) is 6.33 Å². The minimum absolute atomic E-state index is 0.126. The van der Waals surface area contributed by atoms with Crippen molar-refractivity contribution in [1.82, 2.24) is 14.4 Å². The van der Waals surface area contributed by atoms with Gasteiger partial charge in [-0.3, -0.25) is 9.20 Å². The van der Waals surface area contributed by atoms with Gasteiger partial charge in [0.15, 0.2) is 0 Å². The van der Waals surface area contributed by atoms with E-state index < -0.39 is 0 Å². The molecule has 1 aliphatic heterocycles. The van der Waals surface area contributed by atoms with Gasteiger partial charge in [-0.2, -0.15) is 0 Å². The Labute approximate surface area is 151 Å². The Kier molecular flexibility index (Phi) is 4.48. The maximum Gasteiger partial charge on any atom is 0.275 e. The molecule has 7 heteroatoms. The van der Waals surface area contributed by atoms with Crippen molar-refractivity contribution in [3.05, 3.63) is 64.0 Å². The molecule has 136 valence electrons. The molecule has 1 aliphatic rings. The van der Waals surface area contributed by atoms with Crippen molar-refractivity contribution >= 4 is 11.3 Å². The average molecular weight is 352 g/mol. The van der Waals surface area contributed by atoms with Gasteiger partial charge in [0, 0.05) is 32.1 Å². The largest absolute Gasteiger partial charge is 0.355 e. The van der Waals surface area contributed by atoms with Gasteiger partial charge in [0.05, 0.1) is 18.2 Å². The number of hydrogen-bond acceptors (Lipinski definition) is 5. The van der Waals surface area contributed by atoms with Crippen LogP contribution < -0.4 is 21.9 Å². The fourth-order valence-corrected chi connectivity index (χ4v) is 3.71. The van der Waals surface area contributed by atoms with Crippen molar-refractivity contribution in [2.24, 2.45) is 11.5 Å². The first-order valence-electron chi connectivity index (χ1n) is 9.02. The molecule has 1 unspecified atom stereocenters. The lowest BCUT2D eigenvalue weighted by atomic mass is 10.0. The van der Waals surface area contributed by atoms with Crippen LogP contribution in [0, 0.1) is 0 Å². The molecule has 1 aromatic carbocycles. The first-order chi connectivity index (χ1) is 12.7. The summed E-state index contributed by atoms with van der Waals surface area (Å²) in [5.74, 6) is 0.795. The summed E-state index contributed by atoms with van der Waals surface area (Å²) < 4.78 is 1.81. The molecular formula is C19H24N6O. The molecule has 0 radical (unpaired) electrons. The Balaban J connectivity index is 1.69. The molecule has 1 saturated heterocycles. The van der Waals surface area contributed by atoms with E-state index in [9.17, 15) is 4.79 Å². The van der Waals surface area contributed by atoms with Gasteiger partial charge in [0.25, 0.3) is 5.56 Å². The van der Waals surface area contributed by atoms with Crippen molar-refractivity contribution in [3.63, 3.8) is 0 Å². The van der Waals surface area contributed by atoms with Crippen molar-refractivity contribution < 1.29 is 0 Å². The quantitative estimate of drug-likeness (QED) is 0.650. The highest BCUT2D eigenvalue weighted by atomic mass is 16.1. The van der Waals surface area contributed by atoms with Crippen LogP contribution in [0.25, 0.3) is 5.52 Å². The number of nitrogens with zero attached hydrogens (tertiary/aromatic N) is 3. The van der Waals surface area contributed by atoms with Crippen LogP contribution in [0.2, 0.25) is 0 Å². The molecule has 2 aromatic heterocycles. The molecule has 3 heterocycles. The van der Waals surface area contributed by atoms with Crippen molar-refractivity contribution in [2.45, 2.75) is 31.8 Å². The molecule has 5 N–H and O–H groups in total. The predicted octanol–water partition coefficient (Wildman–Crippen LogP) is 1.000.